The summed E-state index contributed by atoms with van der Waals surface area (Å²) in [6, 6.07) is 5.31. The van der Waals surface area contributed by atoms with Crippen molar-refractivity contribution in [2.45, 2.75) is 32.8 Å². The van der Waals surface area contributed by atoms with Gasteiger partial charge < -0.3 is 10.1 Å². The smallest absolute Gasteiger partial charge is 0.138 e. The van der Waals surface area contributed by atoms with Gasteiger partial charge in [0.2, 0.25) is 0 Å². The van der Waals surface area contributed by atoms with Crippen molar-refractivity contribution in [3.63, 3.8) is 0 Å². The minimum atomic E-state index is 0.152. The van der Waals surface area contributed by atoms with Gasteiger partial charge in [-0.3, -0.25) is 0 Å². The zero-order chi connectivity index (χ0) is 12.7. The van der Waals surface area contributed by atoms with E-state index in [1.807, 2.05) is 6.07 Å². The van der Waals surface area contributed by atoms with E-state index in [-0.39, 0.29) is 6.10 Å². The molecule has 0 heterocycles. The Balaban J connectivity index is 2.64. The average Bonchev–Trinajstić information content (AvgIpc) is 2.29. The second kappa shape index (κ2) is 7.80. The predicted molar refractivity (Wildman–Crippen MR) is 74.3 cm³/mol. The third kappa shape index (κ3) is 5.15. The van der Waals surface area contributed by atoms with E-state index in [9.17, 15) is 0 Å². The second-order valence-corrected chi connectivity index (χ2v) is 4.75. The Morgan fingerprint density at radius 3 is 2.65 bits per heavy atom. The molecule has 0 saturated heterocycles. The molecule has 0 radical (unpaired) electrons. The number of rotatable bonds is 7. The molecule has 0 saturated carbocycles. The largest absolute Gasteiger partial charge is 0.488 e. The van der Waals surface area contributed by atoms with Gasteiger partial charge in [0.25, 0.3) is 0 Å². The van der Waals surface area contributed by atoms with Crippen LogP contribution in [-0.2, 0) is 0 Å². The summed E-state index contributed by atoms with van der Waals surface area (Å²) in [6.07, 6.45) is 2.24. The summed E-state index contributed by atoms with van der Waals surface area (Å²) >= 11 is 11.9. The van der Waals surface area contributed by atoms with Gasteiger partial charge in [-0.25, -0.2) is 0 Å². The van der Waals surface area contributed by atoms with Crippen LogP contribution in [-0.4, -0.2) is 19.2 Å². The standard InChI is InChI=1S/C13H19Cl2NO/c1-3-5-11(9-16-4-2)17-13-7-6-10(14)8-12(13)15/h6-8,11,16H,3-5,9H2,1-2H3. The maximum absolute atomic E-state index is 6.08. The molecule has 1 rings (SSSR count). The van der Waals surface area contributed by atoms with Crippen LogP contribution in [0.15, 0.2) is 18.2 Å². The highest BCUT2D eigenvalue weighted by Gasteiger charge is 2.11. The van der Waals surface area contributed by atoms with Gasteiger partial charge in [0, 0.05) is 11.6 Å². The Kier molecular flexibility index (Phi) is 6.71. The molecule has 1 atom stereocenters. The van der Waals surface area contributed by atoms with E-state index in [1.165, 1.54) is 0 Å². The van der Waals surface area contributed by atoms with Crippen molar-refractivity contribution in [1.82, 2.24) is 5.32 Å². The third-order valence-electron chi connectivity index (χ3n) is 2.42. The van der Waals surface area contributed by atoms with Crippen LogP contribution >= 0.6 is 23.2 Å². The summed E-state index contributed by atoms with van der Waals surface area (Å²) in [7, 11) is 0. The van der Waals surface area contributed by atoms with Crippen molar-refractivity contribution >= 4 is 23.2 Å². The Bertz CT molecular complexity index is 344. The number of ether oxygens (including phenoxy) is 1. The van der Waals surface area contributed by atoms with Gasteiger partial charge in [-0.2, -0.15) is 0 Å². The Labute approximate surface area is 113 Å². The van der Waals surface area contributed by atoms with Gasteiger partial charge in [-0.15, -0.1) is 0 Å². The Morgan fingerprint density at radius 2 is 2.06 bits per heavy atom. The monoisotopic (exact) mass is 275 g/mol. The van der Waals surface area contributed by atoms with Crippen molar-refractivity contribution in [3.8, 4) is 5.75 Å². The number of likely N-dealkylation sites (N-methyl/N-ethyl adjacent to an activating group) is 1. The van der Waals surface area contributed by atoms with Crippen molar-refractivity contribution < 1.29 is 4.74 Å². The lowest BCUT2D eigenvalue weighted by molar-refractivity contribution is 0.187. The van der Waals surface area contributed by atoms with Gasteiger partial charge in [-0.05, 0) is 31.2 Å². The molecule has 0 amide bonds. The van der Waals surface area contributed by atoms with E-state index in [0.29, 0.717) is 15.8 Å². The number of hydrogen-bond acceptors (Lipinski definition) is 2. The molecular formula is C13H19Cl2NO. The lowest BCUT2D eigenvalue weighted by Crippen LogP contribution is -2.31. The van der Waals surface area contributed by atoms with Gasteiger partial charge in [0.15, 0.2) is 0 Å². The highest BCUT2D eigenvalue weighted by molar-refractivity contribution is 6.35. The van der Waals surface area contributed by atoms with E-state index in [2.05, 4.69) is 19.2 Å². The Morgan fingerprint density at radius 1 is 1.29 bits per heavy atom. The molecule has 0 aromatic heterocycles. The van der Waals surface area contributed by atoms with Gasteiger partial charge >= 0.3 is 0 Å². The zero-order valence-electron chi connectivity index (χ0n) is 10.3. The fourth-order valence-corrected chi connectivity index (χ4v) is 2.03. The van der Waals surface area contributed by atoms with Gasteiger partial charge in [0.05, 0.1) is 5.02 Å². The molecular weight excluding hydrogens is 257 g/mol. The summed E-state index contributed by atoms with van der Waals surface area (Å²) in [5.74, 6) is 0.701. The summed E-state index contributed by atoms with van der Waals surface area (Å²) in [6.45, 7) is 6.01. The topological polar surface area (TPSA) is 21.3 Å². The van der Waals surface area contributed by atoms with Gasteiger partial charge in [-0.1, -0.05) is 43.5 Å². The molecule has 1 aromatic carbocycles. The highest BCUT2D eigenvalue weighted by Crippen LogP contribution is 2.28. The molecule has 96 valence electrons. The fourth-order valence-electron chi connectivity index (χ4n) is 1.58. The van der Waals surface area contributed by atoms with Crippen LogP contribution in [0.25, 0.3) is 0 Å². The molecule has 0 bridgehead atoms. The van der Waals surface area contributed by atoms with E-state index in [4.69, 9.17) is 27.9 Å². The summed E-state index contributed by atoms with van der Waals surface area (Å²) in [5.41, 5.74) is 0. The van der Waals surface area contributed by atoms with Crippen LogP contribution in [0.3, 0.4) is 0 Å². The summed E-state index contributed by atoms with van der Waals surface area (Å²) < 4.78 is 5.89. The number of benzene rings is 1. The lowest BCUT2D eigenvalue weighted by Gasteiger charge is -2.19. The SMILES string of the molecule is CCCC(CNCC)Oc1ccc(Cl)cc1Cl. The van der Waals surface area contributed by atoms with Crippen LogP contribution in [0.2, 0.25) is 10.0 Å². The first-order chi connectivity index (χ1) is 8.17. The van der Waals surface area contributed by atoms with E-state index in [0.717, 1.165) is 25.9 Å². The van der Waals surface area contributed by atoms with Gasteiger partial charge in [0.1, 0.15) is 11.9 Å². The molecule has 0 fully saturated rings. The van der Waals surface area contributed by atoms with Crippen LogP contribution in [0.1, 0.15) is 26.7 Å². The second-order valence-electron chi connectivity index (χ2n) is 3.91. The van der Waals surface area contributed by atoms with E-state index >= 15 is 0 Å². The lowest BCUT2D eigenvalue weighted by atomic mass is 10.2. The molecule has 0 aliphatic carbocycles. The van der Waals surface area contributed by atoms with E-state index < -0.39 is 0 Å². The maximum Gasteiger partial charge on any atom is 0.138 e. The minimum Gasteiger partial charge on any atom is -0.488 e. The molecule has 17 heavy (non-hydrogen) atoms. The molecule has 1 aromatic rings. The van der Waals surface area contributed by atoms with E-state index in [1.54, 1.807) is 12.1 Å². The predicted octanol–water partition coefficient (Wildman–Crippen LogP) is 4.15. The average molecular weight is 276 g/mol. The normalized spacial score (nSPS) is 12.5. The fraction of sp³-hybridized carbons (Fsp3) is 0.538. The van der Waals surface area contributed by atoms with Crippen molar-refractivity contribution in [1.29, 1.82) is 0 Å². The minimum absolute atomic E-state index is 0.152. The first kappa shape index (κ1) is 14.6. The molecule has 2 nitrogen and oxygen atoms in total. The van der Waals surface area contributed by atoms with Crippen molar-refractivity contribution in [2.75, 3.05) is 13.1 Å². The third-order valence-corrected chi connectivity index (χ3v) is 2.95. The number of hydrogen-bond donors (Lipinski definition) is 1. The first-order valence-corrected chi connectivity index (χ1v) is 6.75. The molecule has 1 N–H and O–H groups in total. The summed E-state index contributed by atoms with van der Waals surface area (Å²) in [4.78, 5) is 0. The van der Waals surface area contributed by atoms with Crippen molar-refractivity contribution in [3.05, 3.63) is 28.2 Å². The van der Waals surface area contributed by atoms with Crippen LogP contribution in [0, 0.1) is 0 Å². The van der Waals surface area contributed by atoms with Crippen LogP contribution in [0.4, 0.5) is 0 Å². The highest BCUT2D eigenvalue weighted by atomic mass is 35.5. The molecule has 1 unspecified atom stereocenters. The maximum atomic E-state index is 6.08. The van der Waals surface area contributed by atoms with Crippen molar-refractivity contribution in [2.24, 2.45) is 0 Å². The number of nitrogens with one attached hydrogen (secondary N) is 1. The number of halogens is 2. The first-order valence-electron chi connectivity index (χ1n) is 5.99. The molecule has 4 heteroatoms. The van der Waals surface area contributed by atoms with Crippen LogP contribution < -0.4 is 10.1 Å². The molecule has 0 aliphatic rings. The zero-order valence-corrected chi connectivity index (χ0v) is 11.8. The summed E-state index contributed by atoms with van der Waals surface area (Å²) in [5, 5.41) is 4.48. The van der Waals surface area contributed by atoms with Crippen LogP contribution in [0.5, 0.6) is 5.75 Å². The quantitative estimate of drug-likeness (QED) is 0.807. The Hall–Kier alpha value is -0.440. The molecule has 0 aliphatic heterocycles. The molecule has 0 spiro atoms.